The van der Waals surface area contributed by atoms with Crippen LogP contribution in [0.25, 0.3) is 11.1 Å². The maximum absolute atomic E-state index is 6.28. The van der Waals surface area contributed by atoms with Gasteiger partial charge in [-0.1, -0.05) is 30.6 Å². The number of aromatic nitrogens is 1. The van der Waals surface area contributed by atoms with Crippen LogP contribution < -0.4 is 10.5 Å². The number of halogens is 1. The average Bonchev–Trinajstić information content (AvgIpc) is 2.74. The van der Waals surface area contributed by atoms with Gasteiger partial charge >= 0.3 is 0 Å². The van der Waals surface area contributed by atoms with Crippen LogP contribution in [0.4, 0.5) is 5.88 Å². The van der Waals surface area contributed by atoms with Crippen LogP contribution in [0.5, 0.6) is 5.75 Å². The minimum atomic E-state index is 0.252. The minimum Gasteiger partial charge on any atom is -0.496 e. The molecule has 0 aliphatic heterocycles. The van der Waals surface area contributed by atoms with Crippen molar-refractivity contribution in [1.29, 1.82) is 0 Å². The predicted molar refractivity (Wildman–Crippen MR) is 72.0 cm³/mol. The molecule has 0 radical (unpaired) electrons. The third-order valence-electron chi connectivity index (χ3n) is 2.83. The molecule has 1 aromatic carbocycles. The fourth-order valence-corrected chi connectivity index (χ4v) is 2.22. The lowest BCUT2D eigenvalue weighted by Gasteiger charge is -2.14. The third-order valence-corrected chi connectivity index (χ3v) is 3.16. The molecule has 0 fully saturated rings. The zero-order chi connectivity index (χ0) is 13.3. The molecule has 4 nitrogen and oxygen atoms in total. The summed E-state index contributed by atoms with van der Waals surface area (Å²) in [7, 11) is 1.61. The SMILES string of the molecule is COc1cc(C(C)C)c(Cl)cc1-c1cnoc1N. The summed E-state index contributed by atoms with van der Waals surface area (Å²) in [6.07, 6.45) is 1.55. The van der Waals surface area contributed by atoms with Crippen molar-refractivity contribution in [2.75, 3.05) is 12.8 Å². The Balaban J connectivity index is 2.62. The summed E-state index contributed by atoms with van der Waals surface area (Å²) in [5.74, 6) is 1.28. The molecule has 1 aromatic heterocycles. The fourth-order valence-electron chi connectivity index (χ4n) is 1.84. The Kier molecular flexibility index (Phi) is 3.48. The molecule has 0 amide bonds. The van der Waals surface area contributed by atoms with Gasteiger partial charge in [-0.2, -0.15) is 0 Å². The van der Waals surface area contributed by atoms with Crippen LogP contribution in [0.1, 0.15) is 25.3 Å². The van der Waals surface area contributed by atoms with Gasteiger partial charge in [0.25, 0.3) is 0 Å². The molecule has 2 rings (SSSR count). The molecule has 0 saturated heterocycles. The summed E-state index contributed by atoms with van der Waals surface area (Å²) in [6, 6.07) is 3.76. The second-order valence-corrected chi connectivity index (χ2v) is 4.74. The van der Waals surface area contributed by atoms with E-state index in [0.29, 0.717) is 22.3 Å². The number of nitrogens with two attached hydrogens (primary N) is 1. The van der Waals surface area contributed by atoms with E-state index in [1.54, 1.807) is 13.3 Å². The monoisotopic (exact) mass is 266 g/mol. The standard InChI is InChI=1S/C13H15ClN2O2/c1-7(2)8-5-12(17-3)9(4-11(8)14)10-6-16-18-13(10)15/h4-7H,15H2,1-3H3. The maximum Gasteiger partial charge on any atom is 0.230 e. The van der Waals surface area contributed by atoms with Crippen molar-refractivity contribution in [2.24, 2.45) is 0 Å². The van der Waals surface area contributed by atoms with Crippen LogP contribution >= 0.6 is 11.6 Å². The van der Waals surface area contributed by atoms with E-state index < -0.39 is 0 Å². The summed E-state index contributed by atoms with van der Waals surface area (Å²) >= 11 is 6.28. The van der Waals surface area contributed by atoms with Crippen molar-refractivity contribution in [3.8, 4) is 16.9 Å². The first-order valence-electron chi connectivity index (χ1n) is 5.62. The van der Waals surface area contributed by atoms with Gasteiger partial charge in [0.2, 0.25) is 5.88 Å². The van der Waals surface area contributed by atoms with E-state index in [4.69, 9.17) is 26.6 Å². The molecule has 0 saturated carbocycles. The number of hydrogen-bond acceptors (Lipinski definition) is 4. The zero-order valence-corrected chi connectivity index (χ0v) is 11.3. The van der Waals surface area contributed by atoms with Crippen LogP contribution in [0.3, 0.4) is 0 Å². The molecule has 1 heterocycles. The van der Waals surface area contributed by atoms with Crippen LogP contribution in [0, 0.1) is 0 Å². The van der Waals surface area contributed by atoms with Crippen molar-refractivity contribution < 1.29 is 9.26 Å². The third kappa shape index (κ3) is 2.16. The lowest BCUT2D eigenvalue weighted by Crippen LogP contribution is -1.95. The molecular weight excluding hydrogens is 252 g/mol. The number of ether oxygens (including phenoxy) is 1. The Hall–Kier alpha value is -1.68. The van der Waals surface area contributed by atoms with Gasteiger partial charge in [-0.05, 0) is 23.6 Å². The summed E-state index contributed by atoms with van der Waals surface area (Å²) in [5.41, 5.74) is 8.22. The Morgan fingerprint density at radius 2 is 2.06 bits per heavy atom. The molecule has 96 valence electrons. The van der Waals surface area contributed by atoms with Crippen LogP contribution in [-0.2, 0) is 0 Å². The van der Waals surface area contributed by atoms with Crippen molar-refractivity contribution >= 4 is 17.5 Å². The predicted octanol–water partition coefficient (Wildman–Crippen LogP) is 3.71. The minimum absolute atomic E-state index is 0.252. The zero-order valence-electron chi connectivity index (χ0n) is 10.5. The van der Waals surface area contributed by atoms with Crippen molar-refractivity contribution in [1.82, 2.24) is 5.16 Å². The normalized spacial score (nSPS) is 10.9. The highest BCUT2D eigenvalue weighted by molar-refractivity contribution is 6.31. The van der Waals surface area contributed by atoms with Gasteiger partial charge < -0.3 is 15.0 Å². The van der Waals surface area contributed by atoms with E-state index in [2.05, 4.69) is 19.0 Å². The number of rotatable bonds is 3. The van der Waals surface area contributed by atoms with E-state index in [9.17, 15) is 0 Å². The van der Waals surface area contributed by atoms with Crippen molar-refractivity contribution in [3.63, 3.8) is 0 Å². The second-order valence-electron chi connectivity index (χ2n) is 4.33. The fraction of sp³-hybridized carbons (Fsp3) is 0.308. The van der Waals surface area contributed by atoms with Gasteiger partial charge in [-0.3, -0.25) is 0 Å². The summed E-state index contributed by atoms with van der Waals surface area (Å²) in [6.45, 7) is 4.15. The van der Waals surface area contributed by atoms with E-state index in [-0.39, 0.29) is 5.88 Å². The molecule has 2 N–H and O–H groups in total. The smallest absolute Gasteiger partial charge is 0.230 e. The summed E-state index contributed by atoms with van der Waals surface area (Å²) in [5, 5.41) is 4.34. The number of nitrogens with zero attached hydrogens (tertiary/aromatic N) is 1. The summed E-state index contributed by atoms with van der Waals surface area (Å²) in [4.78, 5) is 0. The lowest BCUT2D eigenvalue weighted by molar-refractivity contribution is 0.415. The Bertz CT molecular complexity index is 564. The topological polar surface area (TPSA) is 61.3 Å². The highest BCUT2D eigenvalue weighted by Crippen LogP contribution is 2.39. The Labute approximate surface area is 111 Å². The second kappa shape index (κ2) is 4.90. The van der Waals surface area contributed by atoms with Gasteiger partial charge in [-0.15, -0.1) is 0 Å². The van der Waals surface area contributed by atoms with Crippen LogP contribution in [-0.4, -0.2) is 12.3 Å². The first-order chi connectivity index (χ1) is 8.54. The number of hydrogen-bond donors (Lipinski definition) is 1. The van der Waals surface area contributed by atoms with E-state index in [1.807, 2.05) is 12.1 Å². The summed E-state index contributed by atoms with van der Waals surface area (Å²) < 4.78 is 10.3. The molecule has 0 aliphatic carbocycles. The van der Waals surface area contributed by atoms with E-state index in [0.717, 1.165) is 11.1 Å². The van der Waals surface area contributed by atoms with Gasteiger partial charge in [0.05, 0.1) is 18.9 Å². The van der Waals surface area contributed by atoms with Crippen molar-refractivity contribution in [2.45, 2.75) is 19.8 Å². The number of nitrogen functional groups attached to an aromatic ring is 1. The molecule has 0 atom stereocenters. The van der Waals surface area contributed by atoms with Crippen LogP contribution in [0.15, 0.2) is 22.9 Å². The highest BCUT2D eigenvalue weighted by Gasteiger charge is 2.16. The average molecular weight is 267 g/mol. The van der Waals surface area contributed by atoms with Crippen LogP contribution in [0.2, 0.25) is 5.02 Å². The molecule has 5 heteroatoms. The number of methoxy groups -OCH3 is 1. The first-order valence-corrected chi connectivity index (χ1v) is 6.00. The van der Waals surface area contributed by atoms with E-state index >= 15 is 0 Å². The molecule has 0 spiro atoms. The lowest BCUT2D eigenvalue weighted by atomic mass is 9.98. The molecule has 0 unspecified atom stereocenters. The number of anilines is 1. The maximum atomic E-state index is 6.28. The first kappa shape index (κ1) is 12.8. The van der Waals surface area contributed by atoms with E-state index in [1.165, 1.54) is 0 Å². The molecule has 0 bridgehead atoms. The molecule has 0 aliphatic rings. The largest absolute Gasteiger partial charge is 0.496 e. The Morgan fingerprint density at radius 3 is 2.56 bits per heavy atom. The number of benzene rings is 1. The molecular formula is C13H15ClN2O2. The quantitative estimate of drug-likeness (QED) is 0.920. The van der Waals surface area contributed by atoms with Gasteiger partial charge in [0, 0.05) is 10.6 Å². The van der Waals surface area contributed by atoms with Gasteiger partial charge in [0.1, 0.15) is 5.75 Å². The van der Waals surface area contributed by atoms with Gasteiger partial charge in [-0.25, -0.2) is 0 Å². The molecule has 18 heavy (non-hydrogen) atoms. The highest BCUT2D eigenvalue weighted by atomic mass is 35.5. The van der Waals surface area contributed by atoms with Gasteiger partial charge in [0.15, 0.2) is 0 Å². The van der Waals surface area contributed by atoms with Crippen molar-refractivity contribution in [3.05, 3.63) is 28.9 Å². The molecule has 2 aromatic rings. The Morgan fingerprint density at radius 1 is 1.33 bits per heavy atom.